The summed E-state index contributed by atoms with van der Waals surface area (Å²) in [4.78, 5) is 13.1. The van der Waals surface area contributed by atoms with Crippen molar-refractivity contribution in [3.05, 3.63) is 59.7 Å². The normalized spacial score (nSPS) is 16.7. The largest absolute Gasteiger partial charge is 0.371 e. The quantitative estimate of drug-likeness (QED) is 0.829. The van der Waals surface area contributed by atoms with Crippen LogP contribution in [-0.2, 0) is 11.3 Å². The third kappa shape index (κ3) is 4.79. The van der Waals surface area contributed by atoms with Gasteiger partial charge in [0.15, 0.2) is 11.6 Å². The maximum absolute atomic E-state index is 13.4. The average Bonchev–Trinajstić information content (AvgIpc) is 3.07. The Hall–Kier alpha value is -2.47. The molecule has 0 spiro atoms. The first-order valence-electron chi connectivity index (χ1n) is 8.78. The molecule has 1 fully saturated rings. The van der Waals surface area contributed by atoms with Gasteiger partial charge in [0.25, 0.3) is 0 Å². The zero-order valence-corrected chi connectivity index (χ0v) is 14.8. The second-order valence-electron chi connectivity index (χ2n) is 6.71. The summed E-state index contributed by atoms with van der Waals surface area (Å²) >= 11 is 0. The summed E-state index contributed by atoms with van der Waals surface area (Å²) in [6.07, 6.45) is 1.02. The minimum atomic E-state index is -0.810. The smallest absolute Gasteiger partial charge is 0.221 e. The van der Waals surface area contributed by atoms with Crippen LogP contribution in [0.4, 0.5) is 20.2 Å². The maximum Gasteiger partial charge on any atom is 0.221 e. The summed E-state index contributed by atoms with van der Waals surface area (Å²) in [7, 11) is 0. The van der Waals surface area contributed by atoms with Gasteiger partial charge in [-0.05, 0) is 42.2 Å². The maximum atomic E-state index is 13.4. The predicted molar refractivity (Wildman–Crippen MR) is 99.1 cm³/mol. The summed E-state index contributed by atoms with van der Waals surface area (Å²) in [5, 5.41) is 6.19. The standard InChI is InChI=1S/C20H23F2N3O/c1-14(26)24-17-4-2-15(3-5-17)11-23-12-16-8-9-25(13-16)18-6-7-19(21)20(22)10-18/h2-7,10,16,23H,8-9,11-13H2,1H3,(H,24,26)/t16-/m1/s1. The molecule has 0 aromatic heterocycles. The Bertz CT molecular complexity index is 764. The number of hydrogen-bond acceptors (Lipinski definition) is 3. The Morgan fingerprint density at radius 1 is 1.15 bits per heavy atom. The van der Waals surface area contributed by atoms with E-state index in [1.165, 1.54) is 19.1 Å². The van der Waals surface area contributed by atoms with Crippen LogP contribution in [0, 0.1) is 17.6 Å². The summed E-state index contributed by atoms with van der Waals surface area (Å²) in [6, 6.07) is 11.8. The van der Waals surface area contributed by atoms with Crippen molar-refractivity contribution in [1.82, 2.24) is 5.32 Å². The lowest BCUT2D eigenvalue weighted by Crippen LogP contribution is -2.26. The van der Waals surface area contributed by atoms with Crippen molar-refractivity contribution in [2.45, 2.75) is 19.9 Å². The molecule has 2 aromatic rings. The number of rotatable bonds is 6. The van der Waals surface area contributed by atoms with Gasteiger partial charge in [0, 0.05) is 50.5 Å². The highest BCUT2D eigenvalue weighted by atomic mass is 19.2. The van der Waals surface area contributed by atoms with Crippen LogP contribution in [0.1, 0.15) is 18.9 Å². The highest BCUT2D eigenvalue weighted by molar-refractivity contribution is 5.88. The molecule has 2 N–H and O–H groups in total. The van der Waals surface area contributed by atoms with Gasteiger partial charge in [-0.1, -0.05) is 12.1 Å². The summed E-state index contributed by atoms with van der Waals surface area (Å²) in [6.45, 7) is 4.79. The lowest BCUT2D eigenvalue weighted by Gasteiger charge is -2.19. The van der Waals surface area contributed by atoms with Crippen LogP contribution in [0.2, 0.25) is 0 Å². The highest BCUT2D eigenvalue weighted by Crippen LogP contribution is 2.25. The highest BCUT2D eigenvalue weighted by Gasteiger charge is 2.23. The molecule has 1 aliphatic rings. The van der Waals surface area contributed by atoms with E-state index in [0.29, 0.717) is 5.92 Å². The third-order valence-corrected chi connectivity index (χ3v) is 4.59. The van der Waals surface area contributed by atoms with E-state index in [2.05, 4.69) is 15.5 Å². The van der Waals surface area contributed by atoms with Crippen molar-refractivity contribution >= 4 is 17.3 Å². The predicted octanol–water partition coefficient (Wildman–Crippen LogP) is 3.54. The van der Waals surface area contributed by atoms with E-state index >= 15 is 0 Å². The van der Waals surface area contributed by atoms with Crippen LogP contribution < -0.4 is 15.5 Å². The number of carbonyl (C=O) groups is 1. The number of carbonyl (C=O) groups excluding carboxylic acids is 1. The third-order valence-electron chi connectivity index (χ3n) is 4.59. The second-order valence-corrected chi connectivity index (χ2v) is 6.71. The van der Waals surface area contributed by atoms with E-state index < -0.39 is 11.6 Å². The molecule has 0 aliphatic carbocycles. The van der Waals surface area contributed by atoms with Gasteiger partial charge in [0.2, 0.25) is 5.91 Å². The van der Waals surface area contributed by atoms with E-state index in [-0.39, 0.29) is 5.91 Å². The van der Waals surface area contributed by atoms with E-state index in [9.17, 15) is 13.6 Å². The zero-order valence-electron chi connectivity index (χ0n) is 14.8. The van der Waals surface area contributed by atoms with Gasteiger partial charge in [0.1, 0.15) is 0 Å². The zero-order chi connectivity index (χ0) is 18.5. The Labute approximate surface area is 152 Å². The Morgan fingerprint density at radius 3 is 2.62 bits per heavy atom. The van der Waals surface area contributed by atoms with Crippen molar-refractivity contribution in [1.29, 1.82) is 0 Å². The van der Waals surface area contributed by atoms with Crippen LogP contribution in [0.5, 0.6) is 0 Å². The molecule has 1 saturated heterocycles. The molecule has 2 aromatic carbocycles. The van der Waals surface area contributed by atoms with Crippen molar-refractivity contribution in [3.8, 4) is 0 Å². The fraction of sp³-hybridized carbons (Fsp3) is 0.350. The number of hydrogen-bond donors (Lipinski definition) is 2. The molecule has 0 saturated carbocycles. The van der Waals surface area contributed by atoms with Crippen molar-refractivity contribution < 1.29 is 13.6 Å². The number of anilines is 2. The van der Waals surface area contributed by atoms with E-state index in [0.717, 1.165) is 49.5 Å². The van der Waals surface area contributed by atoms with Gasteiger partial charge in [0.05, 0.1) is 0 Å². The van der Waals surface area contributed by atoms with Crippen molar-refractivity contribution in [3.63, 3.8) is 0 Å². The number of halogens is 2. The molecule has 0 bridgehead atoms. The molecule has 3 rings (SSSR count). The summed E-state index contributed by atoms with van der Waals surface area (Å²) in [5.74, 6) is -1.22. The molecule has 1 heterocycles. The molecule has 1 atom stereocenters. The lowest BCUT2D eigenvalue weighted by atomic mass is 10.1. The fourth-order valence-corrected chi connectivity index (χ4v) is 3.25. The number of amides is 1. The van der Waals surface area contributed by atoms with Crippen molar-refractivity contribution in [2.24, 2.45) is 5.92 Å². The number of nitrogens with one attached hydrogen (secondary N) is 2. The molecule has 0 radical (unpaired) electrons. The molecule has 138 valence electrons. The molecule has 4 nitrogen and oxygen atoms in total. The minimum Gasteiger partial charge on any atom is -0.371 e. The molecular formula is C20H23F2N3O. The summed E-state index contributed by atoms with van der Waals surface area (Å²) in [5.41, 5.74) is 2.67. The minimum absolute atomic E-state index is 0.0808. The molecular weight excluding hydrogens is 336 g/mol. The SMILES string of the molecule is CC(=O)Nc1ccc(CNC[C@H]2CCN(c3ccc(F)c(F)c3)C2)cc1. The molecule has 1 amide bonds. The average molecular weight is 359 g/mol. The van der Waals surface area contributed by atoms with E-state index in [4.69, 9.17) is 0 Å². The second kappa shape index (κ2) is 8.27. The van der Waals surface area contributed by atoms with Gasteiger partial charge in [-0.3, -0.25) is 4.79 Å². The van der Waals surface area contributed by atoms with Gasteiger partial charge in [-0.15, -0.1) is 0 Å². The van der Waals surface area contributed by atoms with Crippen LogP contribution in [0.25, 0.3) is 0 Å². The lowest BCUT2D eigenvalue weighted by molar-refractivity contribution is -0.114. The fourth-order valence-electron chi connectivity index (χ4n) is 3.25. The van der Waals surface area contributed by atoms with E-state index in [1.54, 1.807) is 6.07 Å². The van der Waals surface area contributed by atoms with Gasteiger partial charge >= 0.3 is 0 Å². The van der Waals surface area contributed by atoms with Crippen LogP contribution >= 0.6 is 0 Å². The topological polar surface area (TPSA) is 44.4 Å². The first-order chi connectivity index (χ1) is 12.5. The Kier molecular flexibility index (Phi) is 5.83. The first kappa shape index (κ1) is 18.3. The molecule has 1 aliphatic heterocycles. The molecule has 26 heavy (non-hydrogen) atoms. The van der Waals surface area contributed by atoms with Crippen LogP contribution in [0.3, 0.4) is 0 Å². The number of benzene rings is 2. The Morgan fingerprint density at radius 2 is 1.92 bits per heavy atom. The van der Waals surface area contributed by atoms with Crippen molar-refractivity contribution in [2.75, 3.05) is 29.9 Å². The summed E-state index contributed by atoms with van der Waals surface area (Å²) < 4.78 is 26.4. The first-order valence-corrected chi connectivity index (χ1v) is 8.78. The van der Waals surface area contributed by atoms with Gasteiger partial charge in [-0.2, -0.15) is 0 Å². The van der Waals surface area contributed by atoms with Gasteiger partial charge in [-0.25, -0.2) is 8.78 Å². The van der Waals surface area contributed by atoms with Crippen LogP contribution in [-0.4, -0.2) is 25.5 Å². The van der Waals surface area contributed by atoms with E-state index in [1.807, 2.05) is 24.3 Å². The van der Waals surface area contributed by atoms with Crippen LogP contribution in [0.15, 0.2) is 42.5 Å². The molecule has 6 heteroatoms. The molecule has 0 unspecified atom stereocenters. The van der Waals surface area contributed by atoms with Gasteiger partial charge < -0.3 is 15.5 Å². The number of nitrogens with zero attached hydrogens (tertiary/aromatic N) is 1. The monoisotopic (exact) mass is 359 g/mol. The Balaban J connectivity index is 1.44.